The van der Waals surface area contributed by atoms with Crippen molar-refractivity contribution in [3.63, 3.8) is 0 Å². The molecule has 1 fully saturated rings. The molecule has 1 saturated heterocycles. The standard InChI is InChI=1S/C23H25FN2O2/c1-16-22(25-20-7-5-6-19(24)21(20)23(16)27)17-8-10-18(11-9-17)28-15-14-26-12-3-2-4-13-26/h5-11H,2-4,12-15H2,1H3,(H,25,27). The number of aromatic nitrogens is 1. The number of piperidine rings is 1. The number of halogens is 1. The molecule has 28 heavy (non-hydrogen) atoms. The van der Waals surface area contributed by atoms with E-state index in [1.165, 1.54) is 25.3 Å². The molecule has 5 heteroatoms. The number of benzene rings is 2. The van der Waals surface area contributed by atoms with E-state index in [9.17, 15) is 9.18 Å². The van der Waals surface area contributed by atoms with E-state index in [0.29, 0.717) is 23.4 Å². The van der Waals surface area contributed by atoms with E-state index in [2.05, 4.69) is 9.88 Å². The summed E-state index contributed by atoms with van der Waals surface area (Å²) in [5.41, 5.74) is 2.33. The normalized spacial score (nSPS) is 15.1. The minimum absolute atomic E-state index is 0.112. The Morgan fingerprint density at radius 2 is 1.82 bits per heavy atom. The van der Waals surface area contributed by atoms with Gasteiger partial charge in [0.25, 0.3) is 0 Å². The number of nitrogens with one attached hydrogen (secondary N) is 1. The second-order valence-electron chi connectivity index (χ2n) is 7.39. The van der Waals surface area contributed by atoms with Gasteiger partial charge in [0, 0.05) is 12.1 Å². The lowest BCUT2D eigenvalue weighted by Gasteiger charge is -2.26. The first kappa shape index (κ1) is 18.7. The first-order valence-corrected chi connectivity index (χ1v) is 9.90. The summed E-state index contributed by atoms with van der Waals surface area (Å²) < 4.78 is 19.9. The van der Waals surface area contributed by atoms with E-state index in [0.717, 1.165) is 30.9 Å². The van der Waals surface area contributed by atoms with Crippen LogP contribution in [-0.2, 0) is 0 Å². The molecule has 0 atom stereocenters. The molecule has 146 valence electrons. The fourth-order valence-corrected chi connectivity index (χ4v) is 3.87. The van der Waals surface area contributed by atoms with E-state index in [1.54, 1.807) is 19.1 Å². The van der Waals surface area contributed by atoms with Crippen molar-refractivity contribution in [2.45, 2.75) is 26.2 Å². The third-order valence-corrected chi connectivity index (χ3v) is 5.48. The number of fused-ring (bicyclic) bond motifs is 1. The Morgan fingerprint density at radius 3 is 2.57 bits per heavy atom. The molecule has 1 aliphatic rings. The highest BCUT2D eigenvalue weighted by molar-refractivity contribution is 5.83. The van der Waals surface area contributed by atoms with Gasteiger partial charge in [-0.2, -0.15) is 0 Å². The van der Waals surface area contributed by atoms with Gasteiger partial charge in [-0.1, -0.05) is 12.5 Å². The first-order chi connectivity index (χ1) is 13.6. The molecule has 1 aromatic heterocycles. The highest BCUT2D eigenvalue weighted by Gasteiger charge is 2.13. The highest BCUT2D eigenvalue weighted by Crippen LogP contribution is 2.25. The molecule has 2 aromatic carbocycles. The van der Waals surface area contributed by atoms with Crippen molar-refractivity contribution in [3.05, 3.63) is 64.1 Å². The van der Waals surface area contributed by atoms with Crippen LogP contribution in [0.4, 0.5) is 4.39 Å². The third kappa shape index (κ3) is 3.80. The van der Waals surface area contributed by atoms with Gasteiger partial charge in [0.15, 0.2) is 5.43 Å². The molecule has 0 aliphatic carbocycles. The van der Waals surface area contributed by atoms with E-state index in [1.807, 2.05) is 24.3 Å². The Kier molecular flexibility index (Phi) is 5.44. The number of aromatic amines is 1. The van der Waals surface area contributed by atoms with Crippen molar-refractivity contribution in [2.24, 2.45) is 0 Å². The van der Waals surface area contributed by atoms with Crippen molar-refractivity contribution in [1.29, 1.82) is 0 Å². The number of rotatable bonds is 5. The van der Waals surface area contributed by atoms with Gasteiger partial charge in [0.05, 0.1) is 16.6 Å². The predicted molar refractivity (Wildman–Crippen MR) is 110 cm³/mol. The zero-order valence-electron chi connectivity index (χ0n) is 16.1. The van der Waals surface area contributed by atoms with Crippen molar-refractivity contribution < 1.29 is 9.13 Å². The lowest BCUT2D eigenvalue weighted by molar-refractivity contribution is 0.183. The quantitative estimate of drug-likeness (QED) is 0.708. The third-order valence-electron chi connectivity index (χ3n) is 5.48. The van der Waals surface area contributed by atoms with Crippen molar-refractivity contribution in [3.8, 4) is 17.0 Å². The predicted octanol–water partition coefficient (Wildman–Crippen LogP) is 4.51. The molecule has 2 heterocycles. The fourth-order valence-electron chi connectivity index (χ4n) is 3.87. The molecule has 4 rings (SSSR count). The van der Waals surface area contributed by atoms with Gasteiger partial charge in [-0.25, -0.2) is 4.39 Å². The van der Waals surface area contributed by atoms with Crippen LogP contribution < -0.4 is 10.2 Å². The molecule has 0 spiro atoms. The average Bonchev–Trinajstić information content (AvgIpc) is 2.72. The van der Waals surface area contributed by atoms with Crippen LogP contribution in [0.5, 0.6) is 5.75 Å². The van der Waals surface area contributed by atoms with Crippen LogP contribution >= 0.6 is 0 Å². The zero-order chi connectivity index (χ0) is 19.5. The van der Waals surface area contributed by atoms with E-state index in [-0.39, 0.29) is 10.8 Å². The van der Waals surface area contributed by atoms with Crippen molar-refractivity contribution >= 4 is 10.9 Å². The van der Waals surface area contributed by atoms with Crippen LogP contribution in [0.1, 0.15) is 24.8 Å². The van der Waals surface area contributed by atoms with Crippen LogP contribution in [-0.4, -0.2) is 36.1 Å². The van der Waals surface area contributed by atoms with Crippen LogP contribution in [0.15, 0.2) is 47.3 Å². The summed E-state index contributed by atoms with van der Waals surface area (Å²) in [4.78, 5) is 18.3. The fraction of sp³-hybridized carbons (Fsp3) is 0.348. The maximum atomic E-state index is 14.0. The SMILES string of the molecule is Cc1c(-c2ccc(OCCN3CCCCC3)cc2)[nH]c2cccc(F)c2c1=O. The summed E-state index contributed by atoms with van der Waals surface area (Å²) in [5.74, 6) is 0.318. The number of likely N-dealkylation sites (tertiary alicyclic amines) is 1. The van der Waals surface area contributed by atoms with Crippen LogP contribution in [0.2, 0.25) is 0 Å². The molecule has 0 radical (unpaired) electrons. The van der Waals surface area contributed by atoms with Crippen molar-refractivity contribution in [2.75, 3.05) is 26.2 Å². The topological polar surface area (TPSA) is 45.3 Å². The molecule has 0 saturated carbocycles. The van der Waals surface area contributed by atoms with E-state index < -0.39 is 5.82 Å². The molecule has 0 bridgehead atoms. The van der Waals surface area contributed by atoms with Gasteiger partial charge in [0.2, 0.25) is 0 Å². The van der Waals surface area contributed by atoms with Crippen LogP contribution in [0.25, 0.3) is 22.2 Å². The van der Waals surface area contributed by atoms with Crippen LogP contribution in [0, 0.1) is 12.7 Å². The van der Waals surface area contributed by atoms with Crippen molar-refractivity contribution in [1.82, 2.24) is 9.88 Å². The Morgan fingerprint density at radius 1 is 1.07 bits per heavy atom. The number of ether oxygens (including phenoxy) is 1. The monoisotopic (exact) mass is 380 g/mol. The Labute approximate surface area is 164 Å². The van der Waals surface area contributed by atoms with Gasteiger partial charge in [-0.05, 0) is 74.8 Å². The number of hydrogen-bond donors (Lipinski definition) is 1. The summed E-state index contributed by atoms with van der Waals surface area (Å²) in [5, 5.41) is 0.112. The minimum Gasteiger partial charge on any atom is -0.492 e. The molecule has 0 unspecified atom stereocenters. The number of hydrogen-bond acceptors (Lipinski definition) is 3. The lowest BCUT2D eigenvalue weighted by atomic mass is 10.0. The summed E-state index contributed by atoms with van der Waals surface area (Å²) in [6.07, 6.45) is 3.89. The summed E-state index contributed by atoms with van der Waals surface area (Å²) >= 11 is 0. The van der Waals surface area contributed by atoms with E-state index in [4.69, 9.17) is 4.74 Å². The Balaban J connectivity index is 1.51. The molecule has 3 aromatic rings. The maximum absolute atomic E-state index is 14.0. The van der Waals surface area contributed by atoms with Gasteiger partial charge >= 0.3 is 0 Å². The second-order valence-corrected chi connectivity index (χ2v) is 7.39. The average molecular weight is 380 g/mol. The summed E-state index contributed by atoms with van der Waals surface area (Å²) in [6.45, 7) is 5.67. The largest absolute Gasteiger partial charge is 0.492 e. The van der Waals surface area contributed by atoms with Gasteiger partial charge in [-0.15, -0.1) is 0 Å². The molecule has 4 nitrogen and oxygen atoms in total. The maximum Gasteiger partial charge on any atom is 0.195 e. The van der Waals surface area contributed by atoms with Gasteiger partial charge in [0.1, 0.15) is 18.2 Å². The second kappa shape index (κ2) is 8.15. The Hall–Kier alpha value is -2.66. The summed E-state index contributed by atoms with van der Waals surface area (Å²) in [7, 11) is 0. The summed E-state index contributed by atoms with van der Waals surface area (Å²) in [6, 6.07) is 12.3. The number of H-pyrrole nitrogens is 1. The molecular formula is C23H25FN2O2. The highest BCUT2D eigenvalue weighted by atomic mass is 19.1. The van der Waals surface area contributed by atoms with Gasteiger partial charge in [-0.3, -0.25) is 9.69 Å². The zero-order valence-corrected chi connectivity index (χ0v) is 16.1. The van der Waals surface area contributed by atoms with E-state index >= 15 is 0 Å². The number of nitrogens with zero attached hydrogens (tertiary/aromatic N) is 1. The Bertz CT molecular complexity index is 1020. The lowest BCUT2D eigenvalue weighted by Crippen LogP contribution is -2.33. The first-order valence-electron chi connectivity index (χ1n) is 9.90. The number of pyridine rings is 1. The molecule has 0 amide bonds. The molecular weight excluding hydrogens is 355 g/mol. The minimum atomic E-state index is -0.495. The molecule has 1 N–H and O–H groups in total. The van der Waals surface area contributed by atoms with Gasteiger partial charge < -0.3 is 9.72 Å². The van der Waals surface area contributed by atoms with Crippen LogP contribution in [0.3, 0.4) is 0 Å². The smallest absolute Gasteiger partial charge is 0.195 e. The molecule has 1 aliphatic heterocycles.